The average molecular weight is 504 g/mol. The maximum Gasteiger partial charge on any atom is 0.235 e. The summed E-state index contributed by atoms with van der Waals surface area (Å²) in [6.07, 6.45) is 9.73. The van der Waals surface area contributed by atoms with Crippen molar-refractivity contribution in [1.29, 1.82) is 0 Å². The number of benzene rings is 2. The quantitative estimate of drug-likeness (QED) is 0.380. The molecule has 2 fully saturated rings. The largest absolute Gasteiger partial charge is 0.494 e. The number of nitrogens with zero attached hydrogens (tertiary/aromatic N) is 1. The van der Waals surface area contributed by atoms with Gasteiger partial charge >= 0.3 is 0 Å². The number of hydrogen-bond donors (Lipinski definition) is 1. The molecule has 1 heterocycles. The fourth-order valence-electron chi connectivity index (χ4n) is 5.48. The van der Waals surface area contributed by atoms with Gasteiger partial charge in [-0.25, -0.2) is 0 Å². The molecule has 1 atom stereocenters. The van der Waals surface area contributed by atoms with Gasteiger partial charge in [0.15, 0.2) is 0 Å². The molecule has 1 saturated carbocycles. The Morgan fingerprint density at radius 1 is 1.06 bits per heavy atom. The van der Waals surface area contributed by atoms with Crippen molar-refractivity contribution in [1.82, 2.24) is 4.90 Å². The number of rotatable bonds is 8. The molecule has 1 saturated heterocycles. The van der Waals surface area contributed by atoms with Crippen LogP contribution in [0.25, 0.3) is 0 Å². The maximum atomic E-state index is 13.6. The van der Waals surface area contributed by atoms with Crippen LogP contribution in [0.1, 0.15) is 70.3 Å². The molecule has 34 heavy (non-hydrogen) atoms. The molecule has 1 aliphatic heterocycles. The van der Waals surface area contributed by atoms with Crippen molar-refractivity contribution >= 4 is 34.8 Å². The number of halogens is 2. The summed E-state index contributed by atoms with van der Waals surface area (Å²) < 4.78 is 5.96. The first-order valence-corrected chi connectivity index (χ1v) is 13.5. The zero-order valence-electron chi connectivity index (χ0n) is 20.1. The highest BCUT2D eigenvalue weighted by molar-refractivity contribution is 6.35. The van der Waals surface area contributed by atoms with Crippen LogP contribution in [0.5, 0.6) is 5.75 Å². The Morgan fingerprint density at radius 2 is 1.82 bits per heavy atom. The predicted octanol–water partition coefficient (Wildman–Crippen LogP) is 7.48. The van der Waals surface area contributed by atoms with E-state index in [2.05, 4.69) is 17.1 Å². The summed E-state index contributed by atoms with van der Waals surface area (Å²) in [4.78, 5) is 16.1. The molecule has 0 aromatic heterocycles. The van der Waals surface area contributed by atoms with E-state index in [0.29, 0.717) is 22.7 Å². The lowest BCUT2D eigenvalue weighted by Crippen LogP contribution is -2.42. The molecule has 1 aliphatic carbocycles. The van der Waals surface area contributed by atoms with E-state index in [1.54, 1.807) is 6.07 Å². The Balaban J connectivity index is 1.34. The fourth-order valence-corrected chi connectivity index (χ4v) is 6.07. The third kappa shape index (κ3) is 6.08. The third-order valence-corrected chi connectivity index (χ3v) is 8.05. The Labute approximate surface area is 214 Å². The molecule has 1 unspecified atom stereocenters. The minimum atomic E-state index is -0.624. The SMILES string of the molecule is CC1CCCCN1CCCOc1ccc(NC(=O)C2(c3ccc(Cl)cc3Cl)CCCCC2)cc1. The van der Waals surface area contributed by atoms with Crippen molar-refractivity contribution in [3.63, 3.8) is 0 Å². The number of amides is 1. The number of nitrogens with one attached hydrogen (secondary N) is 1. The van der Waals surface area contributed by atoms with Gasteiger partial charge < -0.3 is 15.0 Å². The number of carbonyl (C=O) groups excluding carboxylic acids is 1. The second-order valence-electron chi connectivity index (χ2n) is 9.83. The Bertz CT molecular complexity index is 957. The summed E-state index contributed by atoms with van der Waals surface area (Å²) in [5, 5.41) is 4.29. The van der Waals surface area contributed by atoms with Crippen LogP contribution in [0.15, 0.2) is 42.5 Å². The zero-order chi connectivity index (χ0) is 24.0. The Kier molecular flexibility index (Phi) is 8.79. The number of carbonyl (C=O) groups is 1. The molecule has 184 valence electrons. The van der Waals surface area contributed by atoms with E-state index in [1.807, 2.05) is 36.4 Å². The lowest BCUT2D eigenvalue weighted by molar-refractivity contribution is -0.122. The number of piperidine rings is 1. The van der Waals surface area contributed by atoms with Crippen molar-refractivity contribution in [2.24, 2.45) is 0 Å². The highest BCUT2D eigenvalue weighted by Crippen LogP contribution is 2.44. The highest BCUT2D eigenvalue weighted by Gasteiger charge is 2.42. The van der Waals surface area contributed by atoms with E-state index < -0.39 is 5.41 Å². The smallest absolute Gasteiger partial charge is 0.235 e. The molecule has 0 spiro atoms. The fraction of sp³-hybridized carbons (Fsp3) is 0.536. The minimum absolute atomic E-state index is 0.000687. The van der Waals surface area contributed by atoms with Crippen LogP contribution in [0.4, 0.5) is 5.69 Å². The van der Waals surface area contributed by atoms with Gasteiger partial charge in [-0.2, -0.15) is 0 Å². The average Bonchev–Trinajstić information content (AvgIpc) is 2.84. The first kappa shape index (κ1) is 25.3. The molecule has 2 aliphatic rings. The van der Waals surface area contributed by atoms with E-state index in [4.69, 9.17) is 27.9 Å². The van der Waals surface area contributed by atoms with Gasteiger partial charge in [0.2, 0.25) is 5.91 Å². The van der Waals surface area contributed by atoms with Crippen molar-refractivity contribution in [2.75, 3.05) is 25.0 Å². The van der Waals surface area contributed by atoms with Gasteiger partial charge in [-0.15, -0.1) is 0 Å². The number of likely N-dealkylation sites (tertiary alicyclic amines) is 1. The number of ether oxygens (including phenoxy) is 1. The summed E-state index contributed by atoms with van der Waals surface area (Å²) in [5.41, 5.74) is 1.02. The van der Waals surface area contributed by atoms with Crippen LogP contribution < -0.4 is 10.1 Å². The van der Waals surface area contributed by atoms with E-state index in [1.165, 1.54) is 25.8 Å². The number of hydrogen-bond acceptors (Lipinski definition) is 3. The van der Waals surface area contributed by atoms with Crippen molar-refractivity contribution in [2.45, 2.75) is 76.2 Å². The van der Waals surface area contributed by atoms with Gasteiger partial charge in [-0.1, -0.05) is 55.0 Å². The summed E-state index contributed by atoms with van der Waals surface area (Å²) >= 11 is 12.7. The summed E-state index contributed by atoms with van der Waals surface area (Å²) in [5.74, 6) is 0.832. The summed E-state index contributed by atoms with van der Waals surface area (Å²) in [7, 11) is 0. The van der Waals surface area contributed by atoms with E-state index in [9.17, 15) is 4.79 Å². The van der Waals surface area contributed by atoms with E-state index in [-0.39, 0.29) is 5.91 Å². The molecule has 0 radical (unpaired) electrons. The first-order chi connectivity index (χ1) is 16.5. The van der Waals surface area contributed by atoms with Crippen molar-refractivity contribution < 1.29 is 9.53 Å². The third-order valence-electron chi connectivity index (χ3n) is 7.50. The highest BCUT2D eigenvalue weighted by atomic mass is 35.5. The molecule has 2 aromatic rings. The molecule has 1 amide bonds. The number of anilines is 1. The molecule has 6 heteroatoms. The lowest BCUT2D eigenvalue weighted by Gasteiger charge is -2.37. The van der Waals surface area contributed by atoms with Gasteiger partial charge in [0.1, 0.15) is 5.75 Å². The topological polar surface area (TPSA) is 41.6 Å². The van der Waals surface area contributed by atoms with Gasteiger partial charge in [-0.05, 0) is 87.5 Å². The molecule has 4 rings (SSSR count). The second-order valence-corrected chi connectivity index (χ2v) is 10.7. The standard InChI is InChI=1S/C28H36Cl2N2O2/c1-21-8-3-6-17-32(21)18-7-19-34-24-12-10-23(11-13-24)31-27(33)28(15-4-2-5-16-28)25-14-9-22(29)20-26(25)30/h9-14,20-21H,2-8,15-19H2,1H3,(H,31,33). The molecular weight excluding hydrogens is 467 g/mol. The minimum Gasteiger partial charge on any atom is -0.494 e. The Morgan fingerprint density at radius 3 is 2.53 bits per heavy atom. The van der Waals surface area contributed by atoms with Gasteiger partial charge in [-0.3, -0.25) is 4.79 Å². The molecule has 1 N–H and O–H groups in total. The zero-order valence-corrected chi connectivity index (χ0v) is 21.6. The molecule has 4 nitrogen and oxygen atoms in total. The van der Waals surface area contributed by atoms with Crippen LogP contribution in [-0.4, -0.2) is 36.5 Å². The molecule has 2 aromatic carbocycles. The normalized spacial score (nSPS) is 20.6. The van der Waals surface area contributed by atoms with Gasteiger partial charge in [0, 0.05) is 28.3 Å². The van der Waals surface area contributed by atoms with Gasteiger partial charge in [0.25, 0.3) is 0 Å². The van der Waals surface area contributed by atoms with Crippen LogP contribution in [0.3, 0.4) is 0 Å². The van der Waals surface area contributed by atoms with E-state index >= 15 is 0 Å². The lowest BCUT2D eigenvalue weighted by atomic mass is 9.68. The van der Waals surface area contributed by atoms with Crippen molar-refractivity contribution in [3.05, 3.63) is 58.1 Å². The summed E-state index contributed by atoms with van der Waals surface area (Å²) in [6.45, 7) is 5.32. The summed E-state index contributed by atoms with van der Waals surface area (Å²) in [6, 6.07) is 13.9. The van der Waals surface area contributed by atoms with E-state index in [0.717, 1.165) is 62.1 Å². The van der Waals surface area contributed by atoms with Crippen LogP contribution in [-0.2, 0) is 10.2 Å². The van der Waals surface area contributed by atoms with Gasteiger partial charge in [0.05, 0.1) is 12.0 Å². The Hall–Kier alpha value is -1.75. The first-order valence-electron chi connectivity index (χ1n) is 12.7. The van der Waals surface area contributed by atoms with Crippen LogP contribution in [0.2, 0.25) is 10.0 Å². The molecule has 0 bridgehead atoms. The maximum absolute atomic E-state index is 13.6. The predicted molar refractivity (Wildman–Crippen MR) is 141 cm³/mol. The van der Waals surface area contributed by atoms with Crippen molar-refractivity contribution in [3.8, 4) is 5.75 Å². The second kappa shape index (κ2) is 11.8. The van der Waals surface area contributed by atoms with Crippen LogP contribution >= 0.6 is 23.2 Å². The monoisotopic (exact) mass is 502 g/mol. The molecular formula is C28H36Cl2N2O2. The van der Waals surface area contributed by atoms with Crippen LogP contribution in [0, 0.1) is 0 Å².